The van der Waals surface area contributed by atoms with Gasteiger partial charge in [0.1, 0.15) is 12.4 Å². The summed E-state index contributed by atoms with van der Waals surface area (Å²) in [4.78, 5) is 27.2. The molecule has 1 aromatic heterocycles. The van der Waals surface area contributed by atoms with Crippen molar-refractivity contribution in [2.75, 3.05) is 39.9 Å². The van der Waals surface area contributed by atoms with Gasteiger partial charge in [-0.05, 0) is 13.0 Å². The molecule has 0 saturated carbocycles. The molecule has 0 radical (unpaired) electrons. The van der Waals surface area contributed by atoms with Crippen molar-refractivity contribution in [2.24, 2.45) is 0 Å². The van der Waals surface area contributed by atoms with E-state index in [-0.39, 0.29) is 12.0 Å². The monoisotopic (exact) mass is 296 g/mol. The van der Waals surface area contributed by atoms with E-state index in [1.807, 2.05) is 0 Å². The van der Waals surface area contributed by atoms with Crippen LogP contribution >= 0.6 is 0 Å². The molecule has 2 heterocycles. The molecule has 1 saturated heterocycles. The number of hydrogen-bond acceptors (Lipinski definition) is 5. The molecule has 0 spiro atoms. The van der Waals surface area contributed by atoms with Crippen LogP contribution in [0.4, 0.5) is 4.79 Å². The number of aromatic nitrogens is 2. The predicted octanol–water partition coefficient (Wildman–Crippen LogP) is 0.401. The lowest BCUT2D eigenvalue weighted by Crippen LogP contribution is -2.50. The number of carbonyl (C=O) groups excluding carboxylic acids is 2. The Morgan fingerprint density at radius 1 is 1.24 bits per heavy atom. The first-order chi connectivity index (χ1) is 10.2. The Balaban J connectivity index is 1.89. The van der Waals surface area contributed by atoms with Gasteiger partial charge >= 0.3 is 6.09 Å². The van der Waals surface area contributed by atoms with Gasteiger partial charge in [0.2, 0.25) is 0 Å². The van der Waals surface area contributed by atoms with E-state index < -0.39 is 0 Å². The molecular formula is C13H20N4O4. The highest BCUT2D eigenvalue weighted by atomic mass is 16.6. The van der Waals surface area contributed by atoms with Crippen molar-refractivity contribution in [3.8, 4) is 0 Å². The molecule has 1 aromatic rings. The lowest BCUT2D eigenvalue weighted by molar-refractivity contribution is 0.0563. The highest BCUT2D eigenvalue weighted by Gasteiger charge is 2.26. The normalized spacial score (nSPS) is 15.1. The number of amides is 2. The molecule has 0 aliphatic carbocycles. The lowest BCUT2D eigenvalue weighted by Gasteiger charge is -2.33. The van der Waals surface area contributed by atoms with Crippen LogP contribution in [-0.4, -0.2) is 71.5 Å². The highest BCUT2D eigenvalue weighted by molar-refractivity contribution is 5.92. The van der Waals surface area contributed by atoms with E-state index in [9.17, 15) is 9.59 Å². The molecule has 1 aliphatic rings. The molecule has 2 rings (SSSR count). The minimum absolute atomic E-state index is 0.131. The maximum atomic E-state index is 12.3. The summed E-state index contributed by atoms with van der Waals surface area (Å²) in [6.45, 7) is 4.35. The second kappa shape index (κ2) is 7.07. The van der Waals surface area contributed by atoms with Gasteiger partial charge in [0.15, 0.2) is 0 Å². The number of carbonyl (C=O) groups is 2. The van der Waals surface area contributed by atoms with Gasteiger partial charge in [-0.2, -0.15) is 5.10 Å². The molecule has 8 nitrogen and oxygen atoms in total. The summed E-state index contributed by atoms with van der Waals surface area (Å²) in [7, 11) is 1.57. The minimum Gasteiger partial charge on any atom is -0.450 e. The maximum Gasteiger partial charge on any atom is 0.409 e. The quantitative estimate of drug-likeness (QED) is 0.804. The summed E-state index contributed by atoms with van der Waals surface area (Å²) >= 11 is 0. The van der Waals surface area contributed by atoms with Crippen molar-refractivity contribution in [3.05, 3.63) is 18.0 Å². The summed E-state index contributed by atoms with van der Waals surface area (Å²) in [5, 5.41) is 4.15. The lowest BCUT2D eigenvalue weighted by atomic mass is 10.3. The first kappa shape index (κ1) is 15.3. The van der Waals surface area contributed by atoms with Crippen molar-refractivity contribution in [1.82, 2.24) is 19.6 Å². The van der Waals surface area contributed by atoms with Crippen molar-refractivity contribution in [2.45, 2.75) is 13.7 Å². The van der Waals surface area contributed by atoms with Crippen molar-refractivity contribution < 1.29 is 19.1 Å². The Bertz CT molecular complexity index is 494. The third-order valence-electron chi connectivity index (χ3n) is 3.21. The molecule has 0 bridgehead atoms. The van der Waals surface area contributed by atoms with E-state index in [1.165, 1.54) is 0 Å². The topological polar surface area (TPSA) is 76.9 Å². The Hall–Kier alpha value is -2.09. The van der Waals surface area contributed by atoms with Gasteiger partial charge in [-0.15, -0.1) is 0 Å². The fourth-order valence-corrected chi connectivity index (χ4v) is 2.15. The summed E-state index contributed by atoms with van der Waals surface area (Å²) in [6.07, 6.45) is 1.37. The SMILES string of the molecule is CCOC(=O)N1CCN(C(=O)c2ccn(COC)n2)CC1. The summed E-state index contributed by atoms with van der Waals surface area (Å²) in [5.74, 6) is -0.131. The largest absolute Gasteiger partial charge is 0.450 e. The average Bonchev–Trinajstić information content (AvgIpc) is 2.96. The van der Waals surface area contributed by atoms with Crippen LogP contribution in [0.3, 0.4) is 0 Å². The number of methoxy groups -OCH3 is 1. The van der Waals surface area contributed by atoms with E-state index >= 15 is 0 Å². The summed E-state index contributed by atoms with van der Waals surface area (Å²) < 4.78 is 11.5. The zero-order chi connectivity index (χ0) is 15.2. The third kappa shape index (κ3) is 3.72. The molecular weight excluding hydrogens is 276 g/mol. The molecule has 8 heteroatoms. The Morgan fingerprint density at radius 2 is 1.90 bits per heavy atom. The van der Waals surface area contributed by atoms with Crippen LogP contribution in [0, 0.1) is 0 Å². The third-order valence-corrected chi connectivity index (χ3v) is 3.21. The van der Waals surface area contributed by atoms with Gasteiger partial charge in [-0.25, -0.2) is 9.48 Å². The van der Waals surface area contributed by atoms with E-state index in [4.69, 9.17) is 9.47 Å². The molecule has 1 aliphatic heterocycles. The van der Waals surface area contributed by atoms with Crippen LogP contribution in [-0.2, 0) is 16.2 Å². The standard InChI is InChI=1S/C13H20N4O4/c1-3-21-13(19)16-8-6-15(7-9-16)12(18)11-4-5-17(14-11)10-20-2/h4-5H,3,6-10H2,1-2H3. The molecule has 21 heavy (non-hydrogen) atoms. The van der Waals surface area contributed by atoms with Gasteiger partial charge in [0, 0.05) is 39.5 Å². The molecule has 0 N–H and O–H groups in total. The average molecular weight is 296 g/mol. The molecule has 0 unspecified atom stereocenters. The molecule has 2 amide bonds. The Labute approximate surface area is 123 Å². The van der Waals surface area contributed by atoms with Gasteiger partial charge in [-0.3, -0.25) is 4.79 Å². The van der Waals surface area contributed by atoms with Gasteiger partial charge in [0.25, 0.3) is 5.91 Å². The molecule has 1 fully saturated rings. The van der Waals surface area contributed by atoms with E-state index in [2.05, 4.69) is 5.10 Å². The highest BCUT2D eigenvalue weighted by Crippen LogP contribution is 2.08. The first-order valence-electron chi connectivity index (χ1n) is 6.89. The predicted molar refractivity (Wildman–Crippen MR) is 73.7 cm³/mol. The summed E-state index contributed by atoms with van der Waals surface area (Å²) in [5.41, 5.74) is 0.386. The van der Waals surface area contributed by atoms with Crippen LogP contribution in [0.5, 0.6) is 0 Å². The molecule has 0 atom stereocenters. The minimum atomic E-state index is -0.325. The first-order valence-corrected chi connectivity index (χ1v) is 6.89. The fraction of sp³-hybridized carbons (Fsp3) is 0.615. The number of hydrogen-bond donors (Lipinski definition) is 0. The fourth-order valence-electron chi connectivity index (χ4n) is 2.15. The van der Waals surface area contributed by atoms with Gasteiger partial charge in [-0.1, -0.05) is 0 Å². The van der Waals surface area contributed by atoms with E-state index in [0.717, 1.165) is 0 Å². The zero-order valence-electron chi connectivity index (χ0n) is 12.3. The van der Waals surface area contributed by atoms with Crippen LogP contribution in [0.1, 0.15) is 17.4 Å². The van der Waals surface area contributed by atoms with Crippen molar-refractivity contribution in [1.29, 1.82) is 0 Å². The van der Waals surface area contributed by atoms with Gasteiger partial charge in [0.05, 0.1) is 6.61 Å². The number of piperazine rings is 1. The van der Waals surface area contributed by atoms with Gasteiger partial charge < -0.3 is 19.3 Å². The number of rotatable bonds is 4. The van der Waals surface area contributed by atoms with Crippen LogP contribution < -0.4 is 0 Å². The van der Waals surface area contributed by atoms with Crippen molar-refractivity contribution in [3.63, 3.8) is 0 Å². The smallest absolute Gasteiger partial charge is 0.409 e. The zero-order valence-corrected chi connectivity index (χ0v) is 12.3. The van der Waals surface area contributed by atoms with Crippen molar-refractivity contribution >= 4 is 12.0 Å². The van der Waals surface area contributed by atoms with Crippen LogP contribution in [0.2, 0.25) is 0 Å². The molecule has 0 aromatic carbocycles. The maximum absolute atomic E-state index is 12.3. The second-order valence-corrected chi connectivity index (χ2v) is 4.64. The van der Waals surface area contributed by atoms with Crippen LogP contribution in [0.25, 0.3) is 0 Å². The Kier molecular flexibility index (Phi) is 5.15. The summed E-state index contributed by atoms with van der Waals surface area (Å²) in [6, 6.07) is 1.67. The number of nitrogens with zero attached hydrogens (tertiary/aromatic N) is 4. The molecule has 116 valence electrons. The van der Waals surface area contributed by atoms with E-state index in [0.29, 0.717) is 45.2 Å². The van der Waals surface area contributed by atoms with Crippen LogP contribution in [0.15, 0.2) is 12.3 Å². The second-order valence-electron chi connectivity index (χ2n) is 4.64. The number of ether oxygens (including phenoxy) is 2. The van der Waals surface area contributed by atoms with E-state index in [1.54, 1.807) is 40.8 Å². The Morgan fingerprint density at radius 3 is 2.52 bits per heavy atom.